The minimum atomic E-state index is 0.132. The average Bonchev–Trinajstić information content (AvgIpc) is 2.48. The monoisotopic (exact) mass is 330 g/mol. The molecule has 0 aromatic heterocycles. The van der Waals surface area contributed by atoms with Gasteiger partial charge in [-0.15, -0.1) is 0 Å². The molecular formula is C22H34O2. The molecule has 24 heavy (non-hydrogen) atoms. The number of allylic oxidation sites excluding steroid dienone is 2. The maximum atomic E-state index is 11.7. The number of aromatic hydroxyl groups is 1. The third-order valence-corrected chi connectivity index (χ3v) is 5.04. The molecule has 0 heterocycles. The number of carbonyl (C=O) groups excluding carboxylic acids is 1. The Kier molecular flexibility index (Phi) is 8.24. The van der Waals surface area contributed by atoms with Gasteiger partial charge in [-0.05, 0) is 68.1 Å². The molecule has 1 N–H and O–H groups in total. The summed E-state index contributed by atoms with van der Waals surface area (Å²) in [5.41, 5.74) is 2.11. The molecule has 0 unspecified atom stereocenters. The van der Waals surface area contributed by atoms with Crippen molar-refractivity contribution < 1.29 is 9.90 Å². The van der Waals surface area contributed by atoms with E-state index < -0.39 is 0 Å². The molecule has 0 fully saturated rings. The molecule has 0 saturated heterocycles. The zero-order valence-corrected chi connectivity index (χ0v) is 16.2. The molecule has 2 heteroatoms. The van der Waals surface area contributed by atoms with Gasteiger partial charge in [-0.2, -0.15) is 0 Å². The first-order chi connectivity index (χ1) is 11.2. The third kappa shape index (κ3) is 6.51. The zero-order valence-electron chi connectivity index (χ0n) is 16.2. The molecule has 0 aliphatic rings. The standard InChI is InChI=1S/C22H34O2/c1-15(2)20(13-19-12-11-17(5)22(24)14-19)9-7-8-10-21(16(3)4)18(6)23/h7-8,11-12,14-16,20-21,24H,9-10,13H2,1-6H3/b8-7+/t20-,21+/m1/s1. The molecule has 0 aliphatic heterocycles. The summed E-state index contributed by atoms with van der Waals surface area (Å²) in [5.74, 6) is 2.30. The van der Waals surface area contributed by atoms with Crippen molar-refractivity contribution in [3.63, 3.8) is 0 Å². The highest BCUT2D eigenvalue weighted by Gasteiger charge is 2.17. The van der Waals surface area contributed by atoms with Crippen LogP contribution in [-0.2, 0) is 11.2 Å². The van der Waals surface area contributed by atoms with E-state index in [9.17, 15) is 9.90 Å². The number of phenolic OH excluding ortho intramolecular Hbond substituents is 1. The Morgan fingerprint density at radius 2 is 1.71 bits per heavy atom. The van der Waals surface area contributed by atoms with Crippen molar-refractivity contribution in [3.8, 4) is 5.75 Å². The van der Waals surface area contributed by atoms with E-state index >= 15 is 0 Å². The van der Waals surface area contributed by atoms with Crippen LogP contribution < -0.4 is 0 Å². The normalized spacial score (nSPS) is 14.5. The molecule has 2 nitrogen and oxygen atoms in total. The second-order valence-corrected chi connectivity index (χ2v) is 7.73. The molecule has 1 aromatic carbocycles. The van der Waals surface area contributed by atoms with E-state index in [4.69, 9.17) is 0 Å². The number of hydrogen-bond acceptors (Lipinski definition) is 2. The van der Waals surface area contributed by atoms with Crippen LogP contribution in [0.2, 0.25) is 0 Å². The molecule has 0 aliphatic carbocycles. The van der Waals surface area contributed by atoms with E-state index in [1.807, 2.05) is 19.1 Å². The Morgan fingerprint density at radius 1 is 1.08 bits per heavy atom. The van der Waals surface area contributed by atoms with Crippen molar-refractivity contribution in [3.05, 3.63) is 41.5 Å². The van der Waals surface area contributed by atoms with Crippen LogP contribution in [-0.4, -0.2) is 10.9 Å². The minimum Gasteiger partial charge on any atom is -0.508 e. The van der Waals surface area contributed by atoms with Crippen LogP contribution >= 0.6 is 0 Å². The van der Waals surface area contributed by atoms with Crippen LogP contribution in [0.25, 0.3) is 0 Å². The summed E-state index contributed by atoms with van der Waals surface area (Å²) < 4.78 is 0. The lowest BCUT2D eigenvalue weighted by molar-refractivity contribution is -0.121. The van der Waals surface area contributed by atoms with E-state index in [2.05, 4.69) is 45.9 Å². The Hall–Kier alpha value is -1.57. The van der Waals surface area contributed by atoms with Crippen molar-refractivity contribution in [1.82, 2.24) is 0 Å². The maximum absolute atomic E-state index is 11.7. The van der Waals surface area contributed by atoms with Crippen LogP contribution in [0.5, 0.6) is 5.75 Å². The van der Waals surface area contributed by atoms with Crippen LogP contribution in [0.15, 0.2) is 30.4 Å². The summed E-state index contributed by atoms with van der Waals surface area (Å²) in [6.45, 7) is 12.3. The smallest absolute Gasteiger partial charge is 0.133 e. The Balaban J connectivity index is 2.64. The number of rotatable bonds is 9. The summed E-state index contributed by atoms with van der Waals surface area (Å²) >= 11 is 0. The summed E-state index contributed by atoms with van der Waals surface area (Å²) in [6.07, 6.45) is 7.22. The second-order valence-electron chi connectivity index (χ2n) is 7.73. The van der Waals surface area contributed by atoms with Crippen LogP contribution in [0.3, 0.4) is 0 Å². The Labute approximate surface area is 148 Å². The molecule has 0 amide bonds. The fraction of sp³-hybridized carbons (Fsp3) is 0.591. The maximum Gasteiger partial charge on any atom is 0.133 e. The number of benzene rings is 1. The van der Waals surface area contributed by atoms with E-state index in [-0.39, 0.29) is 11.7 Å². The number of carbonyl (C=O) groups is 1. The average molecular weight is 331 g/mol. The fourth-order valence-corrected chi connectivity index (χ4v) is 3.10. The summed E-state index contributed by atoms with van der Waals surface area (Å²) in [6, 6.07) is 5.98. The van der Waals surface area contributed by atoms with E-state index in [0.717, 1.165) is 24.8 Å². The number of ketones is 1. The van der Waals surface area contributed by atoms with Gasteiger partial charge < -0.3 is 5.11 Å². The van der Waals surface area contributed by atoms with Gasteiger partial charge in [0.05, 0.1) is 0 Å². The number of aryl methyl sites for hydroxylation is 1. The lowest BCUT2D eigenvalue weighted by Gasteiger charge is -2.20. The predicted octanol–water partition coefficient (Wildman–Crippen LogP) is 5.71. The molecule has 0 bridgehead atoms. The molecular weight excluding hydrogens is 296 g/mol. The molecule has 0 saturated carbocycles. The van der Waals surface area contributed by atoms with Gasteiger partial charge >= 0.3 is 0 Å². The van der Waals surface area contributed by atoms with Crippen molar-refractivity contribution in [2.75, 3.05) is 0 Å². The molecule has 2 atom stereocenters. The second kappa shape index (κ2) is 9.66. The Morgan fingerprint density at radius 3 is 2.21 bits per heavy atom. The summed E-state index contributed by atoms with van der Waals surface area (Å²) in [5, 5.41) is 9.88. The lowest BCUT2D eigenvalue weighted by atomic mass is 9.85. The predicted molar refractivity (Wildman–Crippen MR) is 102 cm³/mol. The van der Waals surface area contributed by atoms with Crippen LogP contribution in [0, 0.1) is 30.6 Å². The topological polar surface area (TPSA) is 37.3 Å². The van der Waals surface area contributed by atoms with Gasteiger partial charge in [-0.1, -0.05) is 52.0 Å². The zero-order chi connectivity index (χ0) is 18.3. The van der Waals surface area contributed by atoms with Gasteiger partial charge in [-0.3, -0.25) is 4.79 Å². The van der Waals surface area contributed by atoms with Gasteiger partial charge in [0.25, 0.3) is 0 Å². The third-order valence-electron chi connectivity index (χ3n) is 5.04. The van der Waals surface area contributed by atoms with Gasteiger partial charge in [0.15, 0.2) is 0 Å². The SMILES string of the molecule is CC(=O)[C@@H](C/C=C/C[C@H](Cc1ccc(C)c(O)c1)C(C)C)C(C)C. The van der Waals surface area contributed by atoms with Gasteiger partial charge in [-0.25, -0.2) is 0 Å². The lowest BCUT2D eigenvalue weighted by Crippen LogP contribution is -2.16. The highest BCUT2D eigenvalue weighted by Crippen LogP contribution is 2.25. The Bertz CT molecular complexity index is 555. The molecule has 1 aromatic rings. The molecule has 0 radical (unpaired) electrons. The molecule has 1 rings (SSSR count). The molecule has 134 valence electrons. The minimum absolute atomic E-state index is 0.132. The first-order valence-electron chi connectivity index (χ1n) is 9.16. The van der Waals surface area contributed by atoms with Crippen molar-refractivity contribution >= 4 is 5.78 Å². The highest BCUT2D eigenvalue weighted by atomic mass is 16.3. The van der Waals surface area contributed by atoms with E-state index in [1.165, 1.54) is 5.56 Å². The van der Waals surface area contributed by atoms with Crippen LogP contribution in [0.1, 0.15) is 58.6 Å². The van der Waals surface area contributed by atoms with Crippen molar-refractivity contribution in [1.29, 1.82) is 0 Å². The fourth-order valence-electron chi connectivity index (χ4n) is 3.10. The van der Waals surface area contributed by atoms with E-state index in [0.29, 0.717) is 23.5 Å². The largest absolute Gasteiger partial charge is 0.508 e. The van der Waals surface area contributed by atoms with Crippen molar-refractivity contribution in [2.45, 2.75) is 60.8 Å². The van der Waals surface area contributed by atoms with Gasteiger partial charge in [0.1, 0.15) is 11.5 Å². The first kappa shape index (κ1) is 20.5. The van der Waals surface area contributed by atoms with Gasteiger partial charge in [0.2, 0.25) is 0 Å². The quantitative estimate of drug-likeness (QED) is 0.589. The van der Waals surface area contributed by atoms with E-state index in [1.54, 1.807) is 6.92 Å². The number of hydrogen-bond donors (Lipinski definition) is 1. The summed E-state index contributed by atoms with van der Waals surface area (Å²) in [7, 11) is 0. The first-order valence-corrected chi connectivity index (χ1v) is 9.16. The van der Waals surface area contributed by atoms with Crippen molar-refractivity contribution in [2.24, 2.45) is 23.7 Å². The highest BCUT2D eigenvalue weighted by molar-refractivity contribution is 5.78. The number of Topliss-reactive ketones (excluding diaryl/α,β-unsaturated/α-hetero) is 1. The number of phenols is 1. The van der Waals surface area contributed by atoms with Crippen LogP contribution in [0.4, 0.5) is 0 Å². The molecule has 0 spiro atoms. The van der Waals surface area contributed by atoms with Gasteiger partial charge in [0, 0.05) is 5.92 Å². The summed E-state index contributed by atoms with van der Waals surface area (Å²) in [4.78, 5) is 11.7.